The van der Waals surface area contributed by atoms with Gasteiger partial charge in [-0.15, -0.1) is 0 Å². The summed E-state index contributed by atoms with van der Waals surface area (Å²) in [5, 5.41) is 0. The Morgan fingerprint density at radius 3 is 2.55 bits per heavy atom. The molecule has 104 valence electrons. The van der Waals surface area contributed by atoms with E-state index in [9.17, 15) is 8.42 Å². The zero-order valence-electron chi connectivity index (χ0n) is 10.8. The van der Waals surface area contributed by atoms with Gasteiger partial charge in [0.05, 0.1) is 10.6 Å². The average Bonchev–Trinajstić information content (AvgIpc) is 2.47. The smallest absolute Gasteiger partial charge is 0.264 e. The van der Waals surface area contributed by atoms with Crippen LogP contribution in [0.3, 0.4) is 0 Å². The van der Waals surface area contributed by atoms with E-state index in [0.717, 1.165) is 28.6 Å². The summed E-state index contributed by atoms with van der Waals surface area (Å²) in [5.74, 6) is 0. The highest BCUT2D eigenvalue weighted by atomic mass is 79.9. The molecule has 0 saturated heterocycles. The third-order valence-electron chi connectivity index (χ3n) is 3.45. The Kier molecular flexibility index (Phi) is 3.56. The SMILES string of the molecule is O=S(=O)(c1ccccc1)N1CCCc2cc(Br)ccc21. The van der Waals surface area contributed by atoms with Gasteiger partial charge in [0.15, 0.2) is 0 Å². The zero-order chi connectivity index (χ0) is 14.2. The summed E-state index contributed by atoms with van der Waals surface area (Å²) in [6, 6.07) is 14.4. The van der Waals surface area contributed by atoms with Crippen LogP contribution in [-0.2, 0) is 16.4 Å². The van der Waals surface area contributed by atoms with Crippen molar-refractivity contribution in [1.82, 2.24) is 0 Å². The van der Waals surface area contributed by atoms with E-state index >= 15 is 0 Å². The van der Waals surface area contributed by atoms with Gasteiger partial charge >= 0.3 is 0 Å². The van der Waals surface area contributed by atoms with E-state index in [1.54, 1.807) is 24.3 Å². The fourth-order valence-electron chi connectivity index (χ4n) is 2.50. The fourth-order valence-corrected chi connectivity index (χ4v) is 4.47. The Morgan fingerprint density at radius 2 is 1.80 bits per heavy atom. The summed E-state index contributed by atoms with van der Waals surface area (Å²) in [4.78, 5) is 0.343. The van der Waals surface area contributed by atoms with Crippen LogP contribution in [0.15, 0.2) is 57.9 Å². The van der Waals surface area contributed by atoms with Crippen LogP contribution in [0.25, 0.3) is 0 Å². The van der Waals surface area contributed by atoms with E-state index in [1.165, 1.54) is 4.31 Å². The molecular weight excluding hydrogens is 338 g/mol. The van der Waals surface area contributed by atoms with E-state index < -0.39 is 10.0 Å². The Balaban J connectivity index is 2.09. The number of nitrogens with zero attached hydrogens (tertiary/aromatic N) is 1. The summed E-state index contributed by atoms with van der Waals surface area (Å²) in [7, 11) is -3.47. The van der Waals surface area contributed by atoms with Crippen molar-refractivity contribution < 1.29 is 8.42 Å². The van der Waals surface area contributed by atoms with Gasteiger partial charge in [0.2, 0.25) is 0 Å². The third kappa shape index (κ3) is 2.36. The molecule has 2 aromatic carbocycles. The van der Waals surface area contributed by atoms with Crippen LogP contribution in [0, 0.1) is 0 Å². The van der Waals surface area contributed by atoms with Crippen molar-refractivity contribution in [2.24, 2.45) is 0 Å². The van der Waals surface area contributed by atoms with Gasteiger partial charge < -0.3 is 0 Å². The summed E-state index contributed by atoms with van der Waals surface area (Å²) in [6.45, 7) is 0.534. The van der Waals surface area contributed by atoms with Gasteiger partial charge in [0.1, 0.15) is 0 Å². The second kappa shape index (κ2) is 5.22. The predicted octanol–water partition coefficient (Wildman–Crippen LogP) is 3.59. The molecule has 0 saturated carbocycles. The van der Waals surface area contributed by atoms with Crippen molar-refractivity contribution in [2.45, 2.75) is 17.7 Å². The Bertz CT molecular complexity index is 729. The molecule has 3 nitrogen and oxygen atoms in total. The molecule has 0 fully saturated rings. The van der Waals surface area contributed by atoms with Crippen molar-refractivity contribution in [2.75, 3.05) is 10.8 Å². The topological polar surface area (TPSA) is 37.4 Å². The molecule has 20 heavy (non-hydrogen) atoms. The van der Waals surface area contributed by atoms with Crippen molar-refractivity contribution >= 4 is 31.6 Å². The van der Waals surface area contributed by atoms with E-state index in [0.29, 0.717) is 11.4 Å². The molecule has 2 aromatic rings. The van der Waals surface area contributed by atoms with Gasteiger partial charge in [0, 0.05) is 11.0 Å². The molecule has 0 N–H and O–H groups in total. The van der Waals surface area contributed by atoms with Crippen molar-refractivity contribution in [3.05, 3.63) is 58.6 Å². The number of halogens is 1. The first-order valence-electron chi connectivity index (χ1n) is 6.45. The van der Waals surface area contributed by atoms with Gasteiger partial charge in [-0.3, -0.25) is 4.31 Å². The first-order chi connectivity index (χ1) is 9.59. The maximum atomic E-state index is 12.7. The molecule has 0 aromatic heterocycles. The van der Waals surface area contributed by atoms with Gasteiger partial charge in [-0.2, -0.15) is 0 Å². The summed E-state index contributed by atoms with van der Waals surface area (Å²) < 4.78 is 28.0. The Labute approximate surface area is 127 Å². The van der Waals surface area contributed by atoms with Crippen LogP contribution in [0.4, 0.5) is 5.69 Å². The van der Waals surface area contributed by atoms with Gasteiger partial charge in [0.25, 0.3) is 10.0 Å². The predicted molar refractivity (Wildman–Crippen MR) is 83.4 cm³/mol. The van der Waals surface area contributed by atoms with E-state index in [2.05, 4.69) is 15.9 Å². The summed E-state index contributed by atoms with van der Waals surface area (Å²) >= 11 is 3.44. The quantitative estimate of drug-likeness (QED) is 0.828. The molecule has 0 radical (unpaired) electrons. The number of rotatable bonds is 2. The first-order valence-corrected chi connectivity index (χ1v) is 8.68. The number of hydrogen-bond acceptors (Lipinski definition) is 2. The van der Waals surface area contributed by atoms with Crippen LogP contribution in [0.2, 0.25) is 0 Å². The standard InChI is InChI=1S/C15H14BrNO2S/c16-13-8-9-15-12(11-13)5-4-10-17(15)20(18,19)14-6-2-1-3-7-14/h1-3,6-9,11H,4-5,10H2. The molecule has 0 aliphatic carbocycles. The lowest BCUT2D eigenvalue weighted by Gasteiger charge is -2.30. The molecule has 0 atom stereocenters. The number of fused-ring (bicyclic) bond motifs is 1. The minimum atomic E-state index is -3.47. The maximum absolute atomic E-state index is 12.7. The molecule has 0 unspecified atom stereocenters. The molecule has 0 bridgehead atoms. The Hall–Kier alpha value is -1.33. The second-order valence-electron chi connectivity index (χ2n) is 4.77. The summed E-state index contributed by atoms with van der Waals surface area (Å²) in [6.07, 6.45) is 1.76. The number of benzene rings is 2. The summed E-state index contributed by atoms with van der Waals surface area (Å²) in [5.41, 5.74) is 1.87. The Morgan fingerprint density at radius 1 is 1.05 bits per heavy atom. The van der Waals surface area contributed by atoms with Gasteiger partial charge in [-0.25, -0.2) is 8.42 Å². The van der Waals surface area contributed by atoms with Crippen molar-refractivity contribution in [1.29, 1.82) is 0 Å². The number of hydrogen-bond donors (Lipinski definition) is 0. The van der Waals surface area contributed by atoms with Gasteiger partial charge in [-0.05, 0) is 48.7 Å². The maximum Gasteiger partial charge on any atom is 0.264 e. The lowest BCUT2D eigenvalue weighted by atomic mass is 10.0. The van der Waals surface area contributed by atoms with E-state index in [4.69, 9.17) is 0 Å². The first kappa shape index (κ1) is 13.6. The third-order valence-corrected chi connectivity index (χ3v) is 5.77. The molecule has 1 aliphatic rings. The molecule has 0 spiro atoms. The molecule has 3 rings (SSSR count). The molecule has 1 heterocycles. The van der Waals surface area contributed by atoms with Gasteiger partial charge in [-0.1, -0.05) is 34.1 Å². The molecule has 1 aliphatic heterocycles. The van der Waals surface area contributed by atoms with Crippen LogP contribution >= 0.6 is 15.9 Å². The van der Waals surface area contributed by atoms with Crippen LogP contribution < -0.4 is 4.31 Å². The minimum Gasteiger partial charge on any atom is -0.266 e. The van der Waals surface area contributed by atoms with E-state index in [1.807, 2.05) is 24.3 Å². The largest absolute Gasteiger partial charge is 0.266 e. The average molecular weight is 352 g/mol. The lowest BCUT2D eigenvalue weighted by Crippen LogP contribution is -2.35. The number of sulfonamides is 1. The molecule has 0 amide bonds. The highest BCUT2D eigenvalue weighted by Crippen LogP contribution is 2.33. The van der Waals surface area contributed by atoms with Crippen LogP contribution in [0.5, 0.6) is 0 Å². The number of anilines is 1. The molecule has 5 heteroatoms. The highest BCUT2D eigenvalue weighted by molar-refractivity contribution is 9.10. The molecular formula is C15H14BrNO2S. The number of aryl methyl sites for hydroxylation is 1. The highest BCUT2D eigenvalue weighted by Gasteiger charge is 2.28. The van der Waals surface area contributed by atoms with Crippen molar-refractivity contribution in [3.8, 4) is 0 Å². The second-order valence-corrected chi connectivity index (χ2v) is 7.54. The van der Waals surface area contributed by atoms with Crippen LogP contribution in [-0.4, -0.2) is 15.0 Å². The monoisotopic (exact) mass is 351 g/mol. The van der Waals surface area contributed by atoms with E-state index in [-0.39, 0.29) is 0 Å². The minimum absolute atomic E-state index is 0.343. The fraction of sp³-hybridized carbons (Fsp3) is 0.200. The zero-order valence-corrected chi connectivity index (χ0v) is 13.2. The normalized spacial score (nSPS) is 14.9. The lowest BCUT2D eigenvalue weighted by molar-refractivity contribution is 0.586. The van der Waals surface area contributed by atoms with Crippen LogP contribution in [0.1, 0.15) is 12.0 Å². The van der Waals surface area contributed by atoms with Crippen molar-refractivity contribution in [3.63, 3.8) is 0 Å².